The summed E-state index contributed by atoms with van der Waals surface area (Å²) in [5.74, 6) is 0. The molecule has 0 saturated heterocycles. The van der Waals surface area contributed by atoms with Crippen LogP contribution in [-0.4, -0.2) is 0 Å². The maximum atomic E-state index is 6.36. The van der Waals surface area contributed by atoms with Crippen LogP contribution in [0.2, 0.25) is 5.02 Å². The summed E-state index contributed by atoms with van der Waals surface area (Å²) in [6.45, 7) is 2.01. The Bertz CT molecular complexity index is 748. The molecule has 2 aromatic carbocycles. The van der Waals surface area contributed by atoms with Crippen molar-refractivity contribution in [3.05, 3.63) is 69.6 Å². The molecule has 1 heterocycles. The molecule has 102 valence electrons. The smallest absolute Gasteiger partial charge is 0.0435 e. The second-order valence-electron chi connectivity index (χ2n) is 5.08. The highest BCUT2D eigenvalue weighted by atomic mass is 35.5. The molecule has 0 fully saturated rings. The third-order valence-electron chi connectivity index (χ3n) is 3.61. The van der Waals surface area contributed by atoms with Crippen LogP contribution in [0.4, 0.5) is 0 Å². The summed E-state index contributed by atoms with van der Waals surface area (Å²) in [7, 11) is 0. The van der Waals surface area contributed by atoms with Gasteiger partial charge in [-0.3, -0.25) is 0 Å². The summed E-state index contributed by atoms with van der Waals surface area (Å²) in [6.07, 6.45) is 0.852. The van der Waals surface area contributed by atoms with Crippen LogP contribution >= 0.6 is 22.9 Å². The average Bonchev–Trinajstić information content (AvgIpc) is 2.85. The van der Waals surface area contributed by atoms with E-state index in [1.165, 1.54) is 15.6 Å². The van der Waals surface area contributed by atoms with Gasteiger partial charge in [-0.25, -0.2) is 0 Å². The molecule has 3 rings (SSSR count). The minimum Gasteiger partial charge on any atom is -0.324 e. The van der Waals surface area contributed by atoms with Crippen molar-refractivity contribution in [1.29, 1.82) is 0 Å². The number of fused-ring (bicyclic) bond motifs is 1. The minimum atomic E-state index is 0.00368. The topological polar surface area (TPSA) is 26.0 Å². The quantitative estimate of drug-likeness (QED) is 0.715. The van der Waals surface area contributed by atoms with Gasteiger partial charge in [0.15, 0.2) is 0 Å². The van der Waals surface area contributed by atoms with E-state index >= 15 is 0 Å². The molecular formula is C17H16ClNS. The summed E-state index contributed by atoms with van der Waals surface area (Å²) < 4.78 is 1.32. The zero-order valence-corrected chi connectivity index (χ0v) is 12.8. The fourth-order valence-corrected chi connectivity index (χ4v) is 3.54. The monoisotopic (exact) mass is 301 g/mol. The Balaban J connectivity index is 1.88. The lowest BCUT2D eigenvalue weighted by Gasteiger charge is -2.13. The van der Waals surface area contributed by atoms with Gasteiger partial charge >= 0.3 is 0 Å². The molecule has 0 spiro atoms. The van der Waals surface area contributed by atoms with E-state index in [9.17, 15) is 0 Å². The molecule has 1 aromatic heterocycles. The summed E-state index contributed by atoms with van der Waals surface area (Å²) >= 11 is 7.85. The Morgan fingerprint density at radius 1 is 1.20 bits per heavy atom. The third kappa shape index (κ3) is 2.59. The first-order chi connectivity index (χ1) is 9.65. The zero-order chi connectivity index (χ0) is 14.1. The highest BCUT2D eigenvalue weighted by Crippen LogP contribution is 2.29. The summed E-state index contributed by atoms with van der Waals surface area (Å²) in [5, 5.41) is 4.33. The number of rotatable bonds is 3. The zero-order valence-electron chi connectivity index (χ0n) is 11.3. The molecule has 0 aliphatic rings. The highest BCUT2D eigenvalue weighted by molar-refractivity contribution is 7.17. The molecule has 2 N–H and O–H groups in total. The predicted octanol–water partition coefficient (Wildman–Crippen LogP) is 5.11. The van der Waals surface area contributed by atoms with Crippen molar-refractivity contribution in [1.82, 2.24) is 0 Å². The van der Waals surface area contributed by atoms with Gasteiger partial charge in [-0.05, 0) is 52.9 Å². The van der Waals surface area contributed by atoms with Crippen LogP contribution in [0.15, 0.2) is 47.8 Å². The minimum absolute atomic E-state index is 0.00368. The first-order valence-corrected chi connectivity index (χ1v) is 7.87. The molecular weight excluding hydrogens is 286 g/mol. The molecule has 0 bridgehead atoms. The van der Waals surface area contributed by atoms with E-state index in [2.05, 4.69) is 35.7 Å². The van der Waals surface area contributed by atoms with E-state index in [1.807, 2.05) is 19.1 Å². The van der Waals surface area contributed by atoms with E-state index in [4.69, 9.17) is 17.3 Å². The Labute approximate surface area is 128 Å². The molecule has 0 aliphatic carbocycles. The SMILES string of the molecule is Cc1cc(C(N)Cc2csc3ccccc23)ccc1Cl. The van der Waals surface area contributed by atoms with Gasteiger partial charge in [0.05, 0.1) is 0 Å². The Hall–Kier alpha value is -1.35. The molecule has 3 aromatic rings. The standard InChI is InChI=1S/C17H16ClNS/c1-11-8-12(6-7-15(11)18)16(19)9-13-10-20-17-5-3-2-4-14(13)17/h2-8,10,16H,9,19H2,1H3. The maximum Gasteiger partial charge on any atom is 0.0435 e. The first kappa shape index (κ1) is 13.6. The van der Waals surface area contributed by atoms with Crippen LogP contribution in [-0.2, 0) is 6.42 Å². The van der Waals surface area contributed by atoms with Crippen LogP contribution in [0, 0.1) is 6.92 Å². The van der Waals surface area contributed by atoms with Gasteiger partial charge in [-0.2, -0.15) is 0 Å². The Morgan fingerprint density at radius 3 is 2.80 bits per heavy atom. The first-order valence-electron chi connectivity index (χ1n) is 6.62. The lowest BCUT2D eigenvalue weighted by atomic mass is 9.98. The van der Waals surface area contributed by atoms with Gasteiger partial charge in [-0.1, -0.05) is 41.9 Å². The van der Waals surface area contributed by atoms with Gasteiger partial charge in [-0.15, -0.1) is 11.3 Å². The second kappa shape index (κ2) is 5.57. The van der Waals surface area contributed by atoms with Crippen molar-refractivity contribution in [2.75, 3.05) is 0 Å². The molecule has 0 amide bonds. The average molecular weight is 302 g/mol. The third-order valence-corrected chi connectivity index (χ3v) is 5.05. The summed E-state index contributed by atoms with van der Waals surface area (Å²) in [4.78, 5) is 0. The maximum absolute atomic E-state index is 6.36. The van der Waals surface area contributed by atoms with Crippen LogP contribution < -0.4 is 5.73 Å². The van der Waals surface area contributed by atoms with Crippen molar-refractivity contribution in [3.63, 3.8) is 0 Å². The summed E-state index contributed by atoms with van der Waals surface area (Å²) in [5.41, 5.74) is 9.90. The van der Waals surface area contributed by atoms with Crippen LogP contribution in [0.25, 0.3) is 10.1 Å². The van der Waals surface area contributed by atoms with Gasteiger partial charge in [0, 0.05) is 15.8 Å². The second-order valence-corrected chi connectivity index (χ2v) is 6.39. The van der Waals surface area contributed by atoms with Gasteiger partial charge in [0.2, 0.25) is 0 Å². The van der Waals surface area contributed by atoms with E-state index < -0.39 is 0 Å². The Kier molecular flexibility index (Phi) is 3.79. The van der Waals surface area contributed by atoms with Crippen LogP contribution in [0.5, 0.6) is 0 Å². The number of benzene rings is 2. The molecule has 0 aliphatic heterocycles. The number of thiophene rings is 1. The van der Waals surface area contributed by atoms with Gasteiger partial charge in [0.25, 0.3) is 0 Å². The Morgan fingerprint density at radius 2 is 2.00 bits per heavy atom. The number of aryl methyl sites for hydroxylation is 1. The van der Waals surface area contributed by atoms with Gasteiger partial charge < -0.3 is 5.73 Å². The molecule has 1 atom stereocenters. The van der Waals surface area contributed by atoms with E-state index in [0.29, 0.717) is 0 Å². The fraction of sp³-hybridized carbons (Fsp3) is 0.176. The van der Waals surface area contributed by atoms with Crippen molar-refractivity contribution < 1.29 is 0 Å². The normalized spacial score (nSPS) is 12.8. The van der Waals surface area contributed by atoms with E-state index in [-0.39, 0.29) is 6.04 Å². The number of hydrogen-bond acceptors (Lipinski definition) is 2. The molecule has 3 heteroatoms. The van der Waals surface area contributed by atoms with E-state index in [0.717, 1.165) is 22.6 Å². The van der Waals surface area contributed by atoms with Crippen LogP contribution in [0.3, 0.4) is 0 Å². The molecule has 1 nitrogen and oxygen atoms in total. The number of hydrogen-bond donors (Lipinski definition) is 1. The van der Waals surface area contributed by atoms with Crippen LogP contribution in [0.1, 0.15) is 22.7 Å². The fourth-order valence-electron chi connectivity index (χ4n) is 2.44. The van der Waals surface area contributed by atoms with Crippen molar-refractivity contribution in [2.24, 2.45) is 5.73 Å². The van der Waals surface area contributed by atoms with Gasteiger partial charge in [0.1, 0.15) is 0 Å². The highest BCUT2D eigenvalue weighted by Gasteiger charge is 2.11. The molecule has 0 saturated carbocycles. The molecule has 1 unspecified atom stereocenters. The molecule has 20 heavy (non-hydrogen) atoms. The lowest BCUT2D eigenvalue weighted by molar-refractivity contribution is 0.726. The predicted molar refractivity (Wildman–Crippen MR) is 88.6 cm³/mol. The van der Waals surface area contributed by atoms with Crippen molar-refractivity contribution >= 4 is 33.0 Å². The number of halogens is 1. The van der Waals surface area contributed by atoms with Crippen molar-refractivity contribution in [3.8, 4) is 0 Å². The largest absolute Gasteiger partial charge is 0.324 e. The summed E-state index contributed by atoms with van der Waals surface area (Å²) in [6, 6.07) is 14.5. The van der Waals surface area contributed by atoms with E-state index in [1.54, 1.807) is 11.3 Å². The van der Waals surface area contributed by atoms with Crippen molar-refractivity contribution in [2.45, 2.75) is 19.4 Å². The lowest BCUT2D eigenvalue weighted by Crippen LogP contribution is -2.13. The molecule has 0 radical (unpaired) electrons. The number of nitrogens with two attached hydrogens (primary N) is 1.